The van der Waals surface area contributed by atoms with Gasteiger partial charge in [-0.3, -0.25) is 4.98 Å². The Bertz CT molecular complexity index is 972. The van der Waals surface area contributed by atoms with Crippen molar-refractivity contribution in [2.24, 2.45) is 0 Å². The molecule has 9 heteroatoms. The Balaban J connectivity index is 1.85. The zero-order chi connectivity index (χ0) is 21.1. The van der Waals surface area contributed by atoms with Crippen molar-refractivity contribution in [2.45, 2.75) is 39.1 Å². The number of anilines is 1. The van der Waals surface area contributed by atoms with E-state index in [1.807, 2.05) is 20.8 Å². The number of rotatable bonds is 5. The molecule has 0 spiro atoms. The molecule has 0 aliphatic carbocycles. The first-order valence-corrected chi connectivity index (χ1v) is 8.85. The third-order valence-corrected chi connectivity index (χ3v) is 3.62. The summed E-state index contributed by atoms with van der Waals surface area (Å²) in [6.07, 6.45) is -0.0732. The predicted octanol–water partition coefficient (Wildman–Crippen LogP) is 4.74. The summed E-state index contributed by atoms with van der Waals surface area (Å²) in [5.41, 5.74) is -0.257. The lowest BCUT2D eigenvalue weighted by Crippen LogP contribution is -2.23. The van der Waals surface area contributed by atoms with Crippen LogP contribution in [0.5, 0.6) is 5.88 Å². The summed E-state index contributed by atoms with van der Waals surface area (Å²) in [5.74, 6) is 0.440. The third-order valence-electron chi connectivity index (χ3n) is 3.62. The van der Waals surface area contributed by atoms with Gasteiger partial charge in [-0.1, -0.05) is 0 Å². The maximum absolute atomic E-state index is 13.3. The first kappa shape index (κ1) is 20.5. The average Bonchev–Trinajstić information content (AvgIpc) is 2.65. The van der Waals surface area contributed by atoms with Gasteiger partial charge in [0.15, 0.2) is 11.5 Å². The van der Waals surface area contributed by atoms with Crippen LogP contribution < -0.4 is 10.1 Å². The van der Waals surface area contributed by atoms with Gasteiger partial charge in [-0.15, -0.1) is 0 Å². The molecule has 3 heterocycles. The van der Waals surface area contributed by atoms with Gasteiger partial charge in [0.1, 0.15) is 11.4 Å². The Labute approximate surface area is 166 Å². The number of hydrogen-bond acceptors (Lipinski definition) is 6. The minimum atomic E-state index is -4.60. The number of halogens is 3. The van der Waals surface area contributed by atoms with E-state index in [-0.39, 0.29) is 18.2 Å². The molecule has 152 valence electrons. The van der Waals surface area contributed by atoms with Gasteiger partial charge >= 0.3 is 6.18 Å². The summed E-state index contributed by atoms with van der Waals surface area (Å²) in [5, 5.41) is 2.92. The van der Waals surface area contributed by atoms with Gasteiger partial charge in [0.05, 0.1) is 0 Å². The number of pyridine rings is 2. The normalized spacial score (nSPS) is 11.9. The summed E-state index contributed by atoms with van der Waals surface area (Å²) >= 11 is 0. The number of nitrogens with zero attached hydrogens (tertiary/aromatic N) is 4. The highest BCUT2D eigenvalue weighted by atomic mass is 19.4. The van der Waals surface area contributed by atoms with Crippen LogP contribution in [0.15, 0.2) is 48.9 Å². The maximum Gasteiger partial charge on any atom is 0.433 e. The second-order valence-electron chi connectivity index (χ2n) is 7.27. The minimum Gasteiger partial charge on any atom is -0.472 e. The highest BCUT2D eigenvalue weighted by Gasteiger charge is 2.33. The van der Waals surface area contributed by atoms with Crippen molar-refractivity contribution in [3.8, 4) is 17.3 Å². The summed E-state index contributed by atoms with van der Waals surface area (Å²) in [4.78, 5) is 15.9. The van der Waals surface area contributed by atoms with Gasteiger partial charge in [0, 0.05) is 42.8 Å². The average molecular weight is 403 g/mol. The molecule has 1 N–H and O–H groups in total. The molecule has 0 aliphatic heterocycles. The molecule has 6 nitrogen and oxygen atoms in total. The lowest BCUT2D eigenvalue weighted by Gasteiger charge is -2.20. The Morgan fingerprint density at radius 3 is 2.48 bits per heavy atom. The van der Waals surface area contributed by atoms with Crippen molar-refractivity contribution in [2.75, 3.05) is 5.32 Å². The van der Waals surface area contributed by atoms with E-state index in [1.165, 1.54) is 12.4 Å². The van der Waals surface area contributed by atoms with E-state index in [2.05, 4.69) is 25.3 Å². The minimum absolute atomic E-state index is 0.0538. The number of hydrogen-bond donors (Lipinski definition) is 1. The quantitative estimate of drug-likeness (QED) is 0.663. The first-order valence-electron chi connectivity index (χ1n) is 8.85. The Morgan fingerprint density at radius 2 is 1.83 bits per heavy atom. The molecular formula is C20H20F3N5O. The van der Waals surface area contributed by atoms with E-state index in [0.29, 0.717) is 11.4 Å². The molecule has 0 bridgehead atoms. The highest BCUT2D eigenvalue weighted by molar-refractivity contribution is 5.56. The molecule has 3 aromatic heterocycles. The number of ether oxygens (including phenoxy) is 1. The zero-order valence-electron chi connectivity index (χ0n) is 16.2. The fraction of sp³-hybridized carbons (Fsp3) is 0.300. The second kappa shape index (κ2) is 8.02. The molecule has 0 aliphatic rings. The predicted molar refractivity (Wildman–Crippen MR) is 102 cm³/mol. The molecule has 0 amide bonds. The van der Waals surface area contributed by atoms with Crippen LogP contribution in [0.4, 0.5) is 19.0 Å². The van der Waals surface area contributed by atoms with Gasteiger partial charge in [-0.05, 0) is 44.5 Å². The van der Waals surface area contributed by atoms with Crippen LogP contribution in [0.3, 0.4) is 0 Å². The summed E-state index contributed by atoms with van der Waals surface area (Å²) < 4.78 is 45.6. The van der Waals surface area contributed by atoms with Crippen molar-refractivity contribution in [1.29, 1.82) is 0 Å². The Kier molecular flexibility index (Phi) is 5.67. The molecule has 0 saturated carbocycles. The van der Waals surface area contributed by atoms with Crippen LogP contribution in [0.2, 0.25) is 0 Å². The van der Waals surface area contributed by atoms with Crippen molar-refractivity contribution >= 4 is 5.82 Å². The van der Waals surface area contributed by atoms with E-state index in [0.717, 1.165) is 11.6 Å². The fourth-order valence-corrected chi connectivity index (χ4v) is 2.43. The van der Waals surface area contributed by atoms with Crippen LogP contribution in [0.25, 0.3) is 11.4 Å². The van der Waals surface area contributed by atoms with E-state index in [1.54, 1.807) is 30.5 Å². The molecule has 0 radical (unpaired) electrons. The Morgan fingerprint density at radius 1 is 1.03 bits per heavy atom. The lowest BCUT2D eigenvalue weighted by molar-refractivity contribution is -0.141. The van der Waals surface area contributed by atoms with Crippen LogP contribution in [-0.2, 0) is 12.7 Å². The molecule has 0 aromatic carbocycles. The smallest absolute Gasteiger partial charge is 0.433 e. The molecular weight excluding hydrogens is 383 g/mol. The molecule has 0 unspecified atom stereocenters. The van der Waals surface area contributed by atoms with Crippen molar-refractivity contribution in [3.05, 3.63) is 60.2 Å². The van der Waals surface area contributed by atoms with Crippen molar-refractivity contribution < 1.29 is 17.9 Å². The van der Waals surface area contributed by atoms with Gasteiger partial charge < -0.3 is 10.1 Å². The number of nitrogens with one attached hydrogen (secondary N) is 1. The molecule has 0 atom stereocenters. The van der Waals surface area contributed by atoms with Crippen LogP contribution in [-0.4, -0.2) is 25.5 Å². The van der Waals surface area contributed by atoms with Crippen LogP contribution >= 0.6 is 0 Å². The van der Waals surface area contributed by atoms with Gasteiger partial charge in [-0.25, -0.2) is 15.0 Å². The molecule has 3 aromatic rings. The van der Waals surface area contributed by atoms with E-state index >= 15 is 0 Å². The molecule has 29 heavy (non-hydrogen) atoms. The molecule has 0 fully saturated rings. The summed E-state index contributed by atoms with van der Waals surface area (Å²) in [7, 11) is 0. The Hall–Kier alpha value is -3.23. The molecule has 3 rings (SSSR count). The highest BCUT2D eigenvalue weighted by Crippen LogP contribution is 2.30. The standard InChI is InChI=1S/C20H20F3N5O/c1-19(2,3)29-17-9-13(6-8-25-17)11-26-16-10-15(20(21,22)23)27-18(28-16)14-5-4-7-24-12-14/h4-10,12H,11H2,1-3H3,(H,26,27,28). The largest absolute Gasteiger partial charge is 0.472 e. The maximum atomic E-state index is 13.3. The number of aromatic nitrogens is 4. The van der Waals surface area contributed by atoms with E-state index in [9.17, 15) is 13.2 Å². The van der Waals surface area contributed by atoms with Crippen LogP contribution in [0.1, 0.15) is 32.0 Å². The number of alkyl halides is 3. The van der Waals surface area contributed by atoms with Crippen molar-refractivity contribution in [1.82, 2.24) is 19.9 Å². The third kappa shape index (κ3) is 5.87. The fourth-order valence-electron chi connectivity index (χ4n) is 2.43. The van der Waals surface area contributed by atoms with Crippen LogP contribution in [0, 0.1) is 0 Å². The zero-order valence-corrected chi connectivity index (χ0v) is 16.2. The SMILES string of the molecule is CC(C)(C)Oc1cc(CNc2cc(C(F)(F)F)nc(-c3cccnc3)n2)ccn1. The van der Waals surface area contributed by atoms with Crippen molar-refractivity contribution in [3.63, 3.8) is 0 Å². The second-order valence-corrected chi connectivity index (χ2v) is 7.27. The van der Waals surface area contributed by atoms with Gasteiger partial charge in [0.25, 0.3) is 0 Å². The van der Waals surface area contributed by atoms with E-state index < -0.39 is 17.5 Å². The summed E-state index contributed by atoms with van der Waals surface area (Å²) in [6.45, 7) is 5.95. The topological polar surface area (TPSA) is 72.8 Å². The first-order chi connectivity index (χ1) is 13.6. The molecule has 0 saturated heterocycles. The monoisotopic (exact) mass is 403 g/mol. The van der Waals surface area contributed by atoms with E-state index in [4.69, 9.17) is 4.74 Å². The summed E-state index contributed by atoms with van der Waals surface area (Å²) in [6, 6.07) is 7.57. The van der Waals surface area contributed by atoms with Gasteiger partial charge in [-0.2, -0.15) is 13.2 Å². The lowest BCUT2D eigenvalue weighted by atomic mass is 10.2. The van der Waals surface area contributed by atoms with Gasteiger partial charge in [0.2, 0.25) is 5.88 Å².